The van der Waals surface area contributed by atoms with Crippen LogP contribution >= 0.6 is 0 Å². The molecule has 0 saturated carbocycles. The van der Waals surface area contributed by atoms with Gasteiger partial charge in [0.05, 0.1) is 35.9 Å². The molecule has 2 aliphatic heterocycles. The standard InChI is InChI=1S/C26H30FN5O3/c1-15-12-20-22(26(33)29-15)24(30-19-8-4-7-18(27)25(19)34-3)23(31-20)17-9-10-28-13-21(17)35-14-16-6-5-11-32(16)2/h4,7-10,13,15-16,30-31H,5-6,11-12,14H2,1-3H3,(H,29,33)/t15-,16+/m1/s1. The number of hydrogen-bond acceptors (Lipinski definition) is 6. The number of aromatic nitrogens is 2. The van der Waals surface area contributed by atoms with Crippen LogP contribution in [0.5, 0.6) is 11.5 Å². The maximum Gasteiger partial charge on any atom is 0.255 e. The number of H-pyrrole nitrogens is 1. The number of methoxy groups -OCH3 is 1. The molecule has 1 saturated heterocycles. The lowest BCUT2D eigenvalue weighted by Crippen LogP contribution is -2.39. The molecular formula is C26H30FN5O3. The number of hydrogen-bond donors (Lipinski definition) is 3. The maximum atomic E-state index is 14.4. The molecule has 2 aromatic heterocycles. The molecule has 5 rings (SSSR count). The summed E-state index contributed by atoms with van der Waals surface area (Å²) in [6, 6.07) is 6.85. The van der Waals surface area contributed by atoms with E-state index < -0.39 is 5.82 Å². The van der Waals surface area contributed by atoms with Crippen LogP contribution in [0.3, 0.4) is 0 Å². The number of nitrogens with one attached hydrogen (secondary N) is 3. The monoisotopic (exact) mass is 479 g/mol. The van der Waals surface area contributed by atoms with Gasteiger partial charge in [0, 0.05) is 36.0 Å². The van der Waals surface area contributed by atoms with Gasteiger partial charge >= 0.3 is 0 Å². The van der Waals surface area contributed by atoms with Crippen LogP contribution in [-0.4, -0.2) is 60.2 Å². The number of benzene rings is 1. The fourth-order valence-corrected chi connectivity index (χ4v) is 4.96. The first-order valence-corrected chi connectivity index (χ1v) is 11.9. The number of pyridine rings is 1. The number of anilines is 2. The SMILES string of the molecule is COc1c(F)cccc1Nc1c(-c2ccncc2OC[C@@H]2CCCN2C)[nH]c2c1C(=O)N[C@H](C)C2. The number of carbonyl (C=O) groups is 1. The highest BCUT2D eigenvalue weighted by molar-refractivity contribution is 6.06. The van der Waals surface area contributed by atoms with Gasteiger partial charge in [0.1, 0.15) is 12.4 Å². The number of likely N-dealkylation sites (N-methyl/N-ethyl adjacent to an activating group) is 1. The summed E-state index contributed by atoms with van der Waals surface area (Å²) in [5.74, 6) is 0.0148. The average molecular weight is 480 g/mol. The first kappa shape index (κ1) is 23.2. The van der Waals surface area contributed by atoms with Crippen molar-refractivity contribution in [2.45, 2.75) is 38.3 Å². The Morgan fingerprint density at radius 2 is 2.17 bits per heavy atom. The zero-order valence-electron chi connectivity index (χ0n) is 20.2. The number of carbonyl (C=O) groups excluding carboxylic acids is 1. The van der Waals surface area contributed by atoms with Gasteiger partial charge in [0.15, 0.2) is 11.6 Å². The van der Waals surface area contributed by atoms with E-state index in [-0.39, 0.29) is 17.7 Å². The molecule has 0 spiro atoms. The molecule has 1 amide bonds. The second-order valence-electron chi connectivity index (χ2n) is 9.21. The second kappa shape index (κ2) is 9.58. The minimum absolute atomic E-state index is 0.0101. The van der Waals surface area contributed by atoms with Gasteiger partial charge in [-0.15, -0.1) is 0 Å². The van der Waals surface area contributed by atoms with Gasteiger partial charge in [0.25, 0.3) is 5.91 Å². The topological polar surface area (TPSA) is 91.5 Å². The third-order valence-corrected chi connectivity index (χ3v) is 6.78. The molecule has 184 valence electrons. The average Bonchev–Trinajstić information content (AvgIpc) is 3.41. The van der Waals surface area contributed by atoms with Crippen LogP contribution in [0.1, 0.15) is 35.8 Å². The Hall–Kier alpha value is -3.59. The maximum absolute atomic E-state index is 14.4. The number of likely N-dealkylation sites (tertiary alicyclic amines) is 1. The van der Waals surface area contributed by atoms with Crippen molar-refractivity contribution < 1.29 is 18.7 Å². The van der Waals surface area contributed by atoms with Crippen LogP contribution in [0.15, 0.2) is 36.7 Å². The molecule has 1 aromatic carbocycles. The van der Waals surface area contributed by atoms with E-state index in [4.69, 9.17) is 9.47 Å². The molecule has 2 aliphatic rings. The van der Waals surface area contributed by atoms with Crippen molar-refractivity contribution in [1.29, 1.82) is 0 Å². The van der Waals surface area contributed by atoms with Crippen molar-refractivity contribution in [2.24, 2.45) is 0 Å². The van der Waals surface area contributed by atoms with E-state index in [9.17, 15) is 9.18 Å². The number of para-hydroxylation sites is 1. The number of ether oxygens (including phenoxy) is 2. The van der Waals surface area contributed by atoms with Gasteiger partial charge in [-0.1, -0.05) is 6.07 Å². The Morgan fingerprint density at radius 3 is 2.94 bits per heavy atom. The Balaban J connectivity index is 1.58. The number of fused-ring (bicyclic) bond motifs is 1. The van der Waals surface area contributed by atoms with Gasteiger partial charge in [-0.2, -0.15) is 0 Å². The smallest absolute Gasteiger partial charge is 0.255 e. The predicted molar refractivity (Wildman–Crippen MR) is 132 cm³/mol. The van der Waals surface area contributed by atoms with Crippen LogP contribution in [0.4, 0.5) is 15.8 Å². The number of amides is 1. The van der Waals surface area contributed by atoms with E-state index in [2.05, 4.69) is 32.5 Å². The molecule has 8 nitrogen and oxygen atoms in total. The normalized spacial score (nSPS) is 19.8. The number of rotatable bonds is 7. The molecule has 0 radical (unpaired) electrons. The number of halogens is 1. The van der Waals surface area contributed by atoms with E-state index >= 15 is 0 Å². The van der Waals surface area contributed by atoms with Gasteiger partial charge in [-0.3, -0.25) is 9.78 Å². The molecule has 35 heavy (non-hydrogen) atoms. The number of nitrogens with zero attached hydrogens (tertiary/aromatic N) is 2. The molecule has 0 unspecified atom stereocenters. The minimum atomic E-state index is -0.491. The first-order chi connectivity index (χ1) is 17.0. The molecule has 0 bridgehead atoms. The summed E-state index contributed by atoms with van der Waals surface area (Å²) < 4.78 is 26.0. The van der Waals surface area contributed by atoms with E-state index in [1.165, 1.54) is 13.2 Å². The summed E-state index contributed by atoms with van der Waals surface area (Å²) >= 11 is 0. The van der Waals surface area contributed by atoms with Crippen LogP contribution in [0.25, 0.3) is 11.3 Å². The molecule has 3 aromatic rings. The lowest BCUT2D eigenvalue weighted by molar-refractivity contribution is 0.0930. The van der Waals surface area contributed by atoms with E-state index in [0.717, 1.165) is 30.6 Å². The fourth-order valence-electron chi connectivity index (χ4n) is 4.96. The van der Waals surface area contributed by atoms with Crippen LogP contribution in [0.2, 0.25) is 0 Å². The van der Waals surface area contributed by atoms with E-state index in [1.54, 1.807) is 24.5 Å². The third kappa shape index (κ3) is 4.43. The minimum Gasteiger partial charge on any atom is -0.492 e. The van der Waals surface area contributed by atoms with Gasteiger partial charge in [-0.25, -0.2) is 4.39 Å². The van der Waals surface area contributed by atoms with Gasteiger partial charge in [0.2, 0.25) is 0 Å². The predicted octanol–water partition coefficient (Wildman–Crippen LogP) is 4.12. The first-order valence-electron chi connectivity index (χ1n) is 11.9. The summed E-state index contributed by atoms with van der Waals surface area (Å²) in [5, 5.41) is 6.27. The van der Waals surface area contributed by atoms with Crippen LogP contribution < -0.4 is 20.1 Å². The van der Waals surface area contributed by atoms with Crippen LogP contribution in [0, 0.1) is 5.82 Å². The fraction of sp³-hybridized carbons (Fsp3) is 0.385. The molecule has 1 fully saturated rings. The Morgan fingerprint density at radius 1 is 1.31 bits per heavy atom. The summed E-state index contributed by atoms with van der Waals surface area (Å²) in [6.45, 7) is 3.57. The van der Waals surface area contributed by atoms with Gasteiger partial charge in [-0.05, 0) is 51.6 Å². The van der Waals surface area contributed by atoms with Crippen molar-refractivity contribution in [3.63, 3.8) is 0 Å². The van der Waals surface area contributed by atoms with Crippen molar-refractivity contribution in [1.82, 2.24) is 20.2 Å². The second-order valence-corrected chi connectivity index (χ2v) is 9.21. The van der Waals surface area contributed by atoms with E-state index in [0.29, 0.717) is 47.5 Å². The highest BCUT2D eigenvalue weighted by Gasteiger charge is 2.31. The molecule has 9 heteroatoms. The largest absolute Gasteiger partial charge is 0.492 e. The van der Waals surface area contributed by atoms with Crippen molar-refractivity contribution >= 4 is 17.3 Å². The zero-order chi connectivity index (χ0) is 24.5. The van der Waals surface area contributed by atoms with Crippen LogP contribution in [-0.2, 0) is 6.42 Å². The Bertz CT molecular complexity index is 1240. The van der Waals surface area contributed by atoms with Crippen molar-refractivity contribution in [2.75, 3.05) is 32.6 Å². The third-order valence-electron chi connectivity index (χ3n) is 6.78. The summed E-state index contributed by atoms with van der Waals surface area (Å²) in [4.78, 5) is 23.1. The Kier molecular flexibility index (Phi) is 6.34. The molecular weight excluding hydrogens is 449 g/mol. The highest BCUT2D eigenvalue weighted by atomic mass is 19.1. The molecule has 2 atom stereocenters. The summed E-state index contributed by atoms with van der Waals surface area (Å²) in [6.07, 6.45) is 6.28. The number of aromatic amines is 1. The van der Waals surface area contributed by atoms with Gasteiger partial charge < -0.3 is 30.0 Å². The van der Waals surface area contributed by atoms with Crippen molar-refractivity contribution in [3.8, 4) is 22.8 Å². The zero-order valence-corrected chi connectivity index (χ0v) is 20.2. The molecule has 0 aliphatic carbocycles. The van der Waals surface area contributed by atoms with E-state index in [1.807, 2.05) is 13.0 Å². The molecule has 3 N–H and O–H groups in total. The molecule has 4 heterocycles. The lowest BCUT2D eigenvalue weighted by atomic mass is 10.0. The lowest BCUT2D eigenvalue weighted by Gasteiger charge is -2.21. The Labute approximate surface area is 203 Å². The quantitative estimate of drug-likeness (QED) is 0.472. The highest BCUT2D eigenvalue weighted by Crippen LogP contribution is 2.42. The summed E-state index contributed by atoms with van der Waals surface area (Å²) in [7, 11) is 3.53. The van der Waals surface area contributed by atoms with Crippen molar-refractivity contribution in [3.05, 3.63) is 53.7 Å². The summed E-state index contributed by atoms with van der Waals surface area (Å²) in [5.41, 5.74) is 3.74.